The molecule has 0 saturated carbocycles. The molecule has 1 rings (SSSR count). The Morgan fingerprint density at radius 1 is 1.35 bits per heavy atom. The Balaban J connectivity index is 2.56. The minimum absolute atomic E-state index is 0.0520. The van der Waals surface area contributed by atoms with Crippen LogP contribution in [0.25, 0.3) is 0 Å². The normalized spacial score (nSPS) is 12.0. The molecule has 0 bridgehead atoms. The van der Waals surface area contributed by atoms with E-state index in [9.17, 15) is 9.59 Å². The van der Waals surface area contributed by atoms with Crippen LogP contribution in [0.15, 0.2) is 27.8 Å². The predicted molar refractivity (Wildman–Crippen MR) is 93.6 cm³/mol. The van der Waals surface area contributed by atoms with Crippen LogP contribution < -0.4 is 15.5 Å². The summed E-state index contributed by atoms with van der Waals surface area (Å²) in [6.45, 7) is 6.43. The van der Waals surface area contributed by atoms with Gasteiger partial charge in [0.05, 0.1) is 17.3 Å². The Morgan fingerprint density at radius 3 is 2.70 bits per heavy atom. The van der Waals surface area contributed by atoms with Gasteiger partial charge in [-0.15, -0.1) is 0 Å². The summed E-state index contributed by atoms with van der Waals surface area (Å²) in [5, 5.41) is 6.35. The van der Waals surface area contributed by atoms with E-state index in [0.29, 0.717) is 6.61 Å². The Morgan fingerprint density at radius 2 is 2.09 bits per heavy atom. The second-order valence-electron chi connectivity index (χ2n) is 5.02. The fraction of sp³-hybridized carbons (Fsp3) is 0.438. The van der Waals surface area contributed by atoms with Gasteiger partial charge in [-0.2, -0.15) is 5.10 Å². The van der Waals surface area contributed by atoms with Crippen molar-refractivity contribution < 1.29 is 14.3 Å². The first-order valence-electron chi connectivity index (χ1n) is 7.54. The van der Waals surface area contributed by atoms with Gasteiger partial charge in [0.2, 0.25) is 0 Å². The molecule has 0 radical (unpaired) electrons. The lowest BCUT2D eigenvalue weighted by Crippen LogP contribution is -2.41. The second-order valence-corrected chi connectivity index (χ2v) is 5.87. The average molecular weight is 384 g/mol. The maximum atomic E-state index is 11.6. The summed E-state index contributed by atoms with van der Waals surface area (Å²) in [5.74, 6) is -0.731. The highest BCUT2D eigenvalue weighted by Crippen LogP contribution is 2.25. The summed E-state index contributed by atoms with van der Waals surface area (Å²) in [6, 6.07) is 5.40. The molecule has 6 nitrogen and oxygen atoms in total. The van der Waals surface area contributed by atoms with Crippen LogP contribution in [0.5, 0.6) is 5.75 Å². The van der Waals surface area contributed by atoms with Crippen molar-refractivity contribution in [3.63, 3.8) is 0 Å². The van der Waals surface area contributed by atoms with Gasteiger partial charge >= 0.3 is 11.8 Å². The minimum atomic E-state index is -0.788. The van der Waals surface area contributed by atoms with Gasteiger partial charge in [0, 0.05) is 6.04 Å². The highest BCUT2D eigenvalue weighted by molar-refractivity contribution is 9.10. The van der Waals surface area contributed by atoms with Crippen molar-refractivity contribution in [1.29, 1.82) is 0 Å². The summed E-state index contributed by atoms with van der Waals surface area (Å²) >= 11 is 3.42. The number of hydrogen-bond acceptors (Lipinski definition) is 4. The van der Waals surface area contributed by atoms with Crippen molar-refractivity contribution in [3.05, 3.63) is 28.2 Å². The first-order chi connectivity index (χ1) is 11.0. The fourth-order valence-corrected chi connectivity index (χ4v) is 2.05. The molecule has 0 aromatic heterocycles. The third kappa shape index (κ3) is 6.81. The lowest BCUT2D eigenvalue weighted by molar-refractivity contribution is -0.139. The molecule has 0 saturated heterocycles. The van der Waals surface area contributed by atoms with Crippen LogP contribution >= 0.6 is 15.9 Å². The monoisotopic (exact) mass is 383 g/mol. The number of nitrogens with one attached hydrogen (secondary N) is 2. The number of amides is 2. The molecular weight excluding hydrogens is 362 g/mol. The van der Waals surface area contributed by atoms with E-state index in [0.717, 1.165) is 28.6 Å². The fourth-order valence-electron chi connectivity index (χ4n) is 1.53. The molecule has 0 aliphatic carbocycles. The van der Waals surface area contributed by atoms with Gasteiger partial charge in [0.25, 0.3) is 0 Å². The summed E-state index contributed by atoms with van der Waals surface area (Å²) in [7, 11) is 0. The molecule has 0 aliphatic rings. The Bertz CT molecular complexity index is 576. The van der Waals surface area contributed by atoms with Crippen LogP contribution in [0.4, 0.5) is 0 Å². The molecule has 1 aromatic carbocycles. The Kier molecular flexibility index (Phi) is 8.32. The standard InChI is InChI=1S/C16H22BrN3O3/c1-4-8-23-14-7-6-12(9-13(14)17)10-18-20-16(22)15(21)19-11(3)5-2/h6-7,9-11H,4-5,8H2,1-3H3,(H,19,21)(H,20,22)/b18-10-/t11-/m1/s1. The van der Waals surface area contributed by atoms with E-state index in [-0.39, 0.29) is 6.04 Å². The number of benzene rings is 1. The maximum Gasteiger partial charge on any atom is 0.329 e. The molecular formula is C16H22BrN3O3. The Labute approximate surface area is 144 Å². The molecule has 0 heterocycles. The number of ether oxygens (including phenoxy) is 1. The lowest BCUT2D eigenvalue weighted by Gasteiger charge is -2.09. The van der Waals surface area contributed by atoms with Crippen LogP contribution in [0.2, 0.25) is 0 Å². The molecule has 126 valence electrons. The number of nitrogens with zero attached hydrogens (tertiary/aromatic N) is 1. The molecule has 1 aromatic rings. The first kappa shape index (κ1) is 19.2. The van der Waals surface area contributed by atoms with Crippen molar-refractivity contribution in [2.45, 2.75) is 39.7 Å². The minimum Gasteiger partial charge on any atom is -0.492 e. The first-order valence-corrected chi connectivity index (χ1v) is 8.33. The van der Waals surface area contributed by atoms with E-state index < -0.39 is 11.8 Å². The largest absolute Gasteiger partial charge is 0.492 e. The predicted octanol–water partition coefficient (Wildman–Crippen LogP) is 2.60. The number of carbonyl (C=O) groups is 2. The van der Waals surface area contributed by atoms with E-state index in [4.69, 9.17) is 4.74 Å². The zero-order chi connectivity index (χ0) is 17.2. The molecule has 2 N–H and O–H groups in total. The van der Waals surface area contributed by atoms with Gasteiger partial charge < -0.3 is 10.1 Å². The molecule has 23 heavy (non-hydrogen) atoms. The van der Waals surface area contributed by atoms with E-state index in [1.54, 1.807) is 0 Å². The van der Waals surface area contributed by atoms with E-state index in [1.165, 1.54) is 6.21 Å². The average Bonchev–Trinajstić information content (AvgIpc) is 2.53. The zero-order valence-corrected chi connectivity index (χ0v) is 15.1. The van der Waals surface area contributed by atoms with Gasteiger partial charge in [-0.25, -0.2) is 5.43 Å². The molecule has 2 amide bonds. The number of hydrogen-bond donors (Lipinski definition) is 2. The quantitative estimate of drug-likeness (QED) is 0.431. The molecule has 0 fully saturated rings. The lowest BCUT2D eigenvalue weighted by atomic mass is 10.2. The molecule has 0 unspecified atom stereocenters. The molecule has 0 spiro atoms. The highest BCUT2D eigenvalue weighted by Gasteiger charge is 2.14. The van der Waals surface area contributed by atoms with E-state index >= 15 is 0 Å². The van der Waals surface area contributed by atoms with Crippen molar-refractivity contribution in [1.82, 2.24) is 10.7 Å². The van der Waals surface area contributed by atoms with Crippen molar-refractivity contribution in [2.75, 3.05) is 6.61 Å². The highest BCUT2D eigenvalue weighted by atomic mass is 79.9. The van der Waals surface area contributed by atoms with Gasteiger partial charge in [-0.1, -0.05) is 13.8 Å². The molecule has 1 atom stereocenters. The zero-order valence-electron chi connectivity index (χ0n) is 13.6. The number of rotatable bonds is 7. The third-order valence-corrected chi connectivity index (χ3v) is 3.61. The van der Waals surface area contributed by atoms with Crippen LogP contribution in [-0.4, -0.2) is 30.7 Å². The van der Waals surface area contributed by atoms with Crippen LogP contribution in [0.3, 0.4) is 0 Å². The summed E-state index contributed by atoms with van der Waals surface area (Å²) in [6.07, 6.45) is 3.14. The Hall–Kier alpha value is -1.89. The summed E-state index contributed by atoms with van der Waals surface area (Å²) in [4.78, 5) is 23.1. The van der Waals surface area contributed by atoms with Crippen molar-refractivity contribution in [2.24, 2.45) is 5.10 Å². The third-order valence-electron chi connectivity index (χ3n) is 2.99. The van der Waals surface area contributed by atoms with Gasteiger partial charge in [-0.3, -0.25) is 9.59 Å². The molecule has 0 aliphatic heterocycles. The van der Waals surface area contributed by atoms with E-state index in [2.05, 4.69) is 31.8 Å². The SMILES string of the molecule is CCCOc1ccc(/C=N\NC(=O)C(=O)N[C@H](C)CC)cc1Br. The van der Waals surface area contributed by atoms with Gasteiger partial charge in [0.15, 0.2) is 0 Å². The number of carbonyl (C=O) groups excluding carboxylic acids is 2. The van der Waals surface area contributed by atoms with Crippen molar-refractivity contribution >= 4 is 34.0 Å². The summed E-state index contributed by atoms with van der Waals surface area (Å²) < 4.78 is 6.35. The maximum absolute atomic E-state index is 11.6. The van der Waals surface area contributed by atoms with Gasteiger partial charge in [-0.05, 0) is 59.5 Å². The smallest absolute Gasteiger partial charge is 0.329 e. The van der Waals surface area contributed by atoms with Crippen molar-refractivity contribution in [3.8, 4) is 5.75 Å². The van der Waals surface area contributed by atoms with Crippen LogP contribution in [-0.2, 0) is 9.59 Å². The van der Waals surface area contributed by atoms with Crippen LogP contribution in [0.1, 0.15) is 39.2 Å². The second kappa shape index (κ2) is 9.99. The number of halogens is 1. The number of hydrazone groups is 1. The van der Waals surface area contributed by atoms with E-state index in [1.807, 2.05) is 39.0 Å². The summed E-state index contributed by atoms with van der Waals surface area (Å²) in [5.41, 5.74) is 2.97. The van der Waals surface area contributed by atoms with Crippen LogP contribution in [0, 0.1) is 0 Å². The molecule has 7 heteroatoms. The van der Waals surface area contributed by atoms with Gasteiger partial charge in [0.1, 0.15) is 5.75 Å². The topological polar surface area (TPSA) is 79.8 Å².